The normalized spacial score (nSPS) is 19.3. The lowest BCUT2D eigenvalue weighted by molar-refractivity contribution is -0.137. The smallest absolute Gasteiger partial charge is 0.352 e. The number of nitrogens with one attached hydrogen (secondary N) is 1. The summed E-state index contributed by atoms with van der Waals surface area (Å²) in [5, 5.41) is 2.75. The fourth-order valence-corrected chi connectivity index (χ4v) is 6.01. The fraction of sp³-hybridized carbons (Fsp3) is 0.269. The third-order valence-corrected chi connectivity index (χ3v) is 8.08. The minimum absolute atomic E-state index is 0.00956. The Morgan fingerprint density at radius 3 is 2.09 bits per heavy atom. The molecule has 0 spiro atoms. The molecule has 0 radical (unpaired) electrons. The molecular weight excluding hydrogens is 477 g/mol. The predicted octanol–water partition coefficient (Wildman–Crippen LogP) is 5.16. The second-order valence-corrected chi connectivity index (χ2v) is 10.4. The van der Waals surface area contributed by atoms with Gasteiger partial charge >= 0.3 is 6.18 Å². The lowest BCUT2D eigenvalue weighted by atomic mass is 9.90. The number of nitrogens with zero attached hydrogens (tertiary/aromatic N) is 1. The molecular formula is C26H25F3N2O3S. The predicted molar refractivity (Wildman–Crippen MR) is 126 cm³/mol. The molecule has 1 fully saturated rings. The van der Waals surface area contributed by atoms with E-state index in [0.29, 0.717) is 18.4 Å². The van der Waals surface area contributed by atoms with Crippen LogP contribution in [0.1, 0.15) is 35.6 Å². The maximum Gasteiger partial charge on any atom is 0.416 e. The summed E-state index contributed by atoms with van der Waals surface area (Å²) in [5.41, 5.74) is 0.627. The van der Waals surface area contributed by atoms with Gasteiger partial charge in [-0.25, -0.2) is 8.42 Å². The van der Waals surface area contributed by atoms with Crippen molar-refractivity contribution in [3.8, 4) is 0 Å². The van der Waals surface area contributed by atoms with Gasteiger partial charge in [0, 0.05) is 13.1 Å². The summed E-state index contributed by atoms with van der Waals surface area (Å²) in [7, 11) is -3.86. The summed E-state index contributed by atoms with van der Waals surface area (Å²) in [6.45, 7) is 0.0661. The molecule has 1 heterocycles. The molecule has 9 heteroatoms. The van der Waals surface area contributed by atoms with Crippen LogP contribution in [0.25, 0.3) is 0 Å². The van der Waals surface area contributed by atoms with Crippen molar-refractivity contribution in [2.24, 2.45) is 5.92 Å². The molecule has 1 aliphatic heterocycles. The van der Waals surface area contributed by atoms with Gasteiger partial charge in [0.25, 0.3) is 0 Å². The fourth-order valence-electron chi connectivity index (χ4n) is 4.30. The minimum atomic E-state index is -4.42. The van der Waals surface area contributed by atoms with E-state index in [1.807, 2.05) is 30.3 Å². The van der Waals surface area contributed by atoms with Crippen molar-refractivity contribution in [3.05, 3.63) is 102 Å². The zero-order valence-electron chi connectivity index (χ0n) is 18.8. The molecule has 184 valence electrons. The second-order valence-electron chi connectivity index (χ2n) is 8.50. The van der Waals surface area contributed by atoms with Crippen LogP contribution < -0.4 is 5.32 Å². The van der Waals surface area contributed by atoms with Crippen molar-refractivity contribution in [2.75, 3.05) is 6.54 Å². The first-order valence-corrected chi connectivity index (χ1v) is 12.7. The van der Waals surface area contributed by atoms with Gasteiger partial charge in [-0.15, -0.1) is 0 Å². The second kappa shape index (κ2) is 10.2. The van der Waals surface area contributed by atoms with E-state index < -0.39 is 33.7 Å². The molecule has 0 bridgehead atoms. The first kappa shape index (κ1) is 24.9. The molecule has 1 saturated heterocycles. The number of benzene rings is 3. The molecule has 0 aromatic heterocycles. The molecule has 0 aliphatic carbocycles. The Morgan fingerprint density at radius 1 is 0.886 bits per heavy atom. The first-order valence-electron chi connectivity index (χ1n) is 11.2. The quantitative estimate of drug-likeness (QED) is 0.506. The van der Waals surface area contributed by atoms with Gasteiger partial charge in [-0.1, -0.05) is 60.7 Å². The van der Waals surface area contributed by atoms with Crippen molar-refractivity contribution in [3.63, 3.8) is 0 Å². The molecule has 35 heavy (non-hydrogen) atoms. The highest BCUT2D eigenvalue weighted by atomic mass is 32.2. The van der Waals surface area contributed by atoms with Gasteiger partial charge < -0.3 is 5.32 Å². The molecule has 3 aromatic carbocycles. The number of amides is 1. The topological polar surface area (TPSA) is 66.5 Å². The Labute approximate surface area is 202 Å². The Hall–Kier alpha value is -3.17. The minimum Gasteiger partial charge on any atom is -0.352 e. The van der Waals surface area contributed by atoms with Crippen LogP contribution >= 0.6 is 0 Å². The van der Waals surface area contributed by atoms with Gasteiger partial charge in [0.05, 0.1) is 22.4 Å². The Kier molecular flexibility index (Phi) is 7.28. The maximum absolute atomic E-state index is 13.5. The molecule has 3 aromatic rings. The number of carbonyl (C=O) groups excluding carboxylic acids is 1. The van der Waals surface area contributed by atoms with Gasteiger partial charge in [0.15, 0.2) is 0 Å². The molecule has 4 rings (SSSR count). The standard InChI is InChI=1S/C26H25F3N2O3S/c27-26(28,29)22-14-11-19(12-15-22)17-30-25(32)21-13-16-24(20-7-3-1-4-8-20)31(18-21)35(33,34)23-9-5-2-6-10-23/h1-12,14-15,21,24H,13,16-18H2,(H,30,32)/t21-,24-/m1/s1. The number of rotatable bonds is 6. The van der Waals surface area contributed by atoms with Gasteiger partial charge in [0.2, 0.25) is 15.9 Å². The van der Waals surface area contributed by atoms with E-state index in [1.165, 1.54) is 28.6 Å². The van der Waals surface area contributed by atoms with Crippen molar-refractivity contribution in [1.82, 2.24) is 9.62 Å². The van der Waals surface area contributed by atoms with Crippen molar-refractivity contribution in [1.29, 1.82) is 0 Å². The number of piperidine rings is 1. The summed E-state index contributed by atoms with van der Waals surface area (Å²) in [5.74, 6) is -0.910. The molecule has 1 N–H and O–H groups in total. The van der Waals surface area contributed by atoms with Crippen molar-refractivity contribution in [2.45, 2.75) is 36.5 Å². The highest BCUT2D eigenvalue weighted by molar-refractivity contribution is 7.89. The van der Waals surface area contributed by atoms with Crippen LogP contribution in [0, 0.1) is 5.92 Å². The van der Waals surface area contributed by atoms with Crippen LogP contribution in [-0.2, 0) is 27.5 Å². The van der Waals surface area contributed by atoms with E-state index in [0.717, 1.165) is 17.7 Å². The zero-order chi connectivity index (χ0) is 25.1. The Morgan fingerprint density at radius 2 is 1.49 bits per heavy atom. The molecule has 5 nitrogen and oxygen atoms in total. The largest absolute Gasteiger partial charge is 0.416 e. The van der Waals surface area contributed by atoms with Crippen LogP contribution in [0.3, 0.4) is 0 Å². The van der Waals surface area contributed by atoms with Gasteiger partial charge in [0.1, 0.15) is 0 Å². The number of hydrogen-bond donors (Lipinski definition) is 1. The third-order valence-electron chi connectivity index (χ3n) is 6.19. The van der Waals surface area contributed by atoms with E-state index in [1.54, 1.807) is 18.2 Å². The summed E-state index contributed by atoms with van der Waals surface area (Å²) in [6.07, 6.45) is -3.47. The average molecular weight is 503 g/mol. The number of alkyl halides is 3. The molecule has 1 amide bonds. The average Bonchev–Trinajstić information content (AvgIpc) is 2.87. The van der Waals surface area contributed by atoms with E-state index >= 15 is 0 Å². The summed E-state index contributed by atoms with van der Waals surface area (Å²) >= 11 is 0. The molecule has 1 aliphatic rings. The lowest BCUT2D eigenvalue weighted by Gasteiger charge is -2.38. The highest BCUT2D eigenvalue weighted by Gasteiger charge is 2.40. The molecule has 0 unspecified atom stereocenters. The number of hydrogen-bond acceptors (Lipinski definition) is 3. The maximum atomic E-state index is 13.5. The summed E-state index contributed by atoms with van der Waals surface area (Å²) in [4.78, 5) is 13.1. The van der Waals surface area contributed by atoms with Crippen LogP contribution in [0.4, 0.5) is 13.2 Å². The van der Waals surface area contributed by atoms with E-state index in [9.17, 15) is 26.4 Å². The number of carbonyl (C=O) groups is 1. The van der Waals surface area contributed by atoms with Crippen molar-refractivity contribution < 1.29 is 26.4 Å². The molecule has 0 saturated carbocycles. The van der Waals surface area contributed by atoms with Gasteiger partial charge in [-0.3, -0.25) is 4.79 Å². The number of sulfonamides is 1. The molecule has 2 atom stereocenters. The van der Waals surface area contributed by atoms with Gasteiger partial charge in [-0.2, -0.15) is 17.5 Å². The van der Waals surface area contributed by atoms with E-state index in [2.05, 4.69) is 5.32 Å². The van der Waals surface area contributed by atoms with Crippen LogP contribution in [-0.4, -0.2) is 25.2 Å². The van der Waals surface area contributed by atoms with Crippen LogP contribution in [0.15, 0.2) is 89.8 Å². The van der Waals surface area contributed by atoms with Crippen molar-refractivity contribution >= 4 is 15.9 Å². The Bertz CT molecular complexity index is 1250. The Balaban J connectivity index is 1.50. The monoisotopic (exact) mass is 502 g/mol. The zero-order valence-corrected chi connectivity index (χ0v) is 19.6. The number of halogens is 3. The van der Waals surface area contributed by atoms with Crippen LogP contribution in [0.2, 0.25) is 0 Å². The highest BCUT2D eigenvalue weighted by Crippen LogP contribution is 2.37. The van der Waals surface area contributed by atoms with Crippen LogP contribution in [0.5, 0.6) is 0 Å². The van der Waals surface area contributed by atoms with Gasteiger partial charge in [-0.05, 0) is 48.2 Å². The SMILES string of the molecule is O=C(NCc1ccc(C(F)(F)F)cc1)[C@@H]1CC[C@H](c2ccccc2)N(S(=O)(=O)c2ccccc2)C1. The summed E-state index contributed by atoms with van der Waals surface area (Å²) in [6, 6.07) is 21.6. The first-order chi connectivity index (χ1) is 16.7. The van der Waals surface area contributed by atoms with E-state index in [4.69, 9.17) is 0 Å². The lowest BCUT2D eigenvalue weighted by Crippen LogP contribution is -2.46. The van der Waals surface area contributed by atoms with E-state index in [-0.39, 0.29) is 23.9 Å². The summed E-state index contributed by atoms with van der Waals surface area (Å²) < 4.78 is 66.7. The third kappa shape index (κ3) is 5.74.